The molecule has 0 amide bonds. The highest BCUT2D eigenvalue weighted by molar-refractivity contribution is 6.01. The summed E-state index contributed by atoms with van der Waals surface area (Å²) in [6.07, 6.45) is 0. The number of rotatable bonds is 5. The summed E-state index contributed by atoms with van der Waals surface area (Å²) in [5.74, 6) is 1.51. The summed E-state index contributed by atoms with van der Waals surface area (Å²) in [6.45, 7) is 1.96. The number of methoxy groups -OCH3 is 2. The van der Waals surface area contributed by atoms with E-state index < -0.39 is 0 Å². The van der Waals surface area contributed by atoms with E-state index in [4.69, 9.17) is 9.47 Å². The van der Waals surface area contributed by atoms with Gasteiger partial charge in [-0.25, -0.2) is 0 Å². The molecule has 0 aliphatic heterocycles. The summed E-state index contributed by atoms with van der Waals surface area (Å²) in [4.78, 5) is 0. The molecule has 0 aliphatic rings. The van der Waals surface area contributed by atoms with Crippen LogP contribution >= 0.6 is 0 Å². The van der Waals surface area contributed by atoms with Crippen LogP contribution in [-0.2, 0) is 0 Å². The number of hydrogen-bond donors (Lipinski definition) is 0. The van der Waals surface area contributed by atoms with Crippen molar-refractivity contribution in [1.29, 1.82) is 0 Å². The number of para-hydroxylation sites is 1. The minimum atomic E-state index is 0.747. The summed E-state index contributed by atoms with van der Waals surface area (Å²) in [5, 5.41) is 6.46. The quantitative estimate of drug-likeness (QED) is 0.622. The fourth-order valence-corrected chi connectivity index (χ4v) is 2.08. The number of ether oxygens (including phenoxy) is 2. The lowest BCUT2D eigenvalue weighted by atomic mass is 10.1. The molecule has 0 atom stereocenters. The van der Waals surface area contributed by atoms with Gasteiger partial charge in [-0.3, -0.25) is 5.01 Å². The molecule has 0 radical (unpaired) electrons. The van der Waals surface area contributed by atoms with E-state index in [1.807, 2.05) is 67.5 Å². The van der Waals surface area contributed by atoms with Crippen LogP contribution in [0, 0.1) is 0 Å². The standard InChI is InChI=1S/C17H20N2O2/c1-13(18-19(2)14-8-6-5-7-9-14)16-11-10-15(20-3)12-17(16)21-4/h5-12H,1-4H3/b18-13-. The Bertz CT molecular complexity index is 624. The van der Waals surface area contributed by atoms with Gasteiger partial charge >= 0.3 is 0 Å². The summed E-state index contributed by atoms with van der Waals surface area (Å²) in [7, 11) is 5.21. The Morgan fingerprint density at radius 2 is 1.71 bits per heavy atom. The van der Waals surface area contributed by atoms with Gasteiger partial charge in [0, 0.05) is 18.7 Å². The SMILES string of the molecule is COc1ccc(/C(C)=N\N(C)c2ccccc2)c(OC)c1. The predicted molar refractivity (Wildman–Crippen MR) is 86.6 cm³/mol. The van der Waals surface area contributed by atoms with E-state index in [1.165, 1.54) is 0 Å². The maximum absolute atomic E-state index is 5.42. The second kappa shape index (κ2) is 6.79. The molecule has 2 aromatic carbocycles. The van der Waals surface area contributed by atoms with Crippen molar-refractivity contribution < 1.29 is 9.47 Å². The fourth-order valence-electron chi connectivity index (χ4n) is 2.08. The van der Waals surface area contributed by atoms with Crippen molar-refractivity contribution >= 4 is 11.4 Å². The Hall–Kier alpha value is -2.49. The highest BCUT2D eigenvalue weighted by atomic mass is 16.5. The van der Waals surface area contributed by atoms with Crippen molar-refractivity contribution in [2.45, 2.75) is 6.92 Å². The molecule has 4 nitrogen and oxygen atoms in total. The molecular weight excluding hydrogens is 264 g/mol. The summed E-state index contributed by atoms with van der Waals surface area (Å²) in [6, 6.07) is 15.7. The largest absolute Gasteiger partial charge is 0.497 e. The van der Waals surface area contributed by atoms with Crippen LogP contribution in [-0.4, -0.2) is 27.0 Å². The average molecular weight is 284 g/mol. The molecule has 0 saturated heterocycles. The lowest BCUT2D eigenvalue weighted by Gasteiger charge is -2.16. The van der Waals surface area contributed by atoms with E-state index >= 15 is 0 Å². The predicted octanol–water partition coefficient (Wildman–Crippen LogP) is 3.56. The van der Waals surface area contributed by atoms with Crippen LogP contribution < -0.4 is 14.5 Å². The van der Waals surface area contributed by atoms with Gasteiger partial charge in [-0.15, -0.1) is 0 Å². The van der Waals surface area contributed by atoms with Crippen LogP contribution in [0.3, 0.4) is 0 Å². The molecule has 0 heterocycles. The molecule has 0 fully saturated rings. The third-order valence-corrected chi connectivity index (χ3v) is 3.23. The molecule has 0 spiro atoms. The Labute approximate surface area is 125 Å². The topological polar surface area (TPSA) is 34.1 Å². The van der Waals surface area contributed by atoms with Gasteiger partial charge in [-0.1, -0.05) is 18.2 Å². The van der Waals surface area contributed by atoms with Gasteiger partial charge in [0.15, 0.2) is 0 Å². The molecule has 21 heavy (non-hydrogen) atoms. The number of anilines is 1. The first-order valence-electron chi connectivity index (χ1n) is 6.72. The van der Waals surface area contributed by atoms with Gasteiger partial charge in [0.1, 0.15) is 11.5 Å². The van der Waals surface area contributed by atoms with Crippen LogP contribution in [0.5, 0.6) is 11.5 Å². The van der Waals surface area contributed by atoms with E-state index in [9.17, 15) is 0 Å². The summed E-state index contributed by atoms with van der Waals surface area (Å²) in [5.41, 5.74) is 2.85. The molecule has 0 bridgehead atoms. The first-order valence-corrected chi connectivity index (χ1v) is 6.72. The number of nitrogens with zero attached hydrogens (tertiary/aromatic N) is 2. The molecule has 0 aromatic heterocycles. The Balaban J connectivity index is 2.31. The second-order valence-electron chi connectivity index (χ2n) is 4.61. The number of hydrogen-bond acceptors (Lipinski definition) is 4. The van der Waals surface area contributed by atoms with Gasteiger partial charge in [0.05, 0.1) is 25.6 Å². The Kier molecular flexibility index (Phi) is 4.82. The van der Waals surface area contributed by atoms with E-state index in [2.05, 4.69) is 5.10 Å². The van der Waals surface area contributed by atoms with E-state index in [-0.39, 0.29) is 0 Å². The first kappa shape index (κ1) is 14.9. The smallest absolute Gasteiger partial charge is 0.131 e. The van der Waals surface area contributed by atoms with Crippen molar-refractivity contribution in [3.05, 3.63) is 54.1 Å². The monoisotopic (exact) mass is 284 g/mol. The zero-order valence-corrected chi connectivity index (χ0v) is 12.8. The van der Waals surface area contributed by atoms with Crippen LogP contribution in [0.2, 0.25) is 0 Å². The third-order valence-electron chi connectivity index (χ3n) is 3.23. The van der Waals surface area contributed by atoms with Gasteiger partial charge in [0.25, 0.3) is 0 Å². The van der Waals surface area contributed by atoms with Gasteiger partial charge in [-0.2, -0.15) is 5.10 Å². The number of hydrazone groups is 1. The van der Waals surface area contributed by atoms with Crippen LogP contribution in [0.15, 0.2) is 53.6 Å². The van der Waals surface area contributed by atoms with E-state index in [0.717, 1.165) is 28.5 Å². The van der Waals surface area contributed by atoms with Crippen molar-refractivity contribution in [3.63, 3.8) is 0 Å². The number of benzene rings is 2. The lowest BCUT2D eigenvalue weighted by molar-refractivity contribution is 0.394. The minimum Gasteiger partial charge on any atom is -0.497 e. The maximum Gasteiger partial charge on any atom is 0.131 e. The molecular formula is C17H20N2O2. The first-order chi connectivity index (χ1) is 10.2. The lowest BCUT2D eigenvalue weighted by Crippen LogP contribution is -2.12. The van der Waals surface area contributed by atoms with Crippen molar-refractivity contribution in [2.75, 3.05) is 26.3 Å². The Morgan fingerprint density at radius 1 is 1.00 bits per heavy atom. The molecule has 0 saturated carbocycles. The van der Waals surface area contributed by atoms with E-state index in [0.29, 0.717) is 0 Å². The van der Waals surface area contributed by atoms with Crippen molar-refractivity contribution in [3.8, 4) is 11.5 Å². The van der Waals surface area contributed by atoms with Crippen molar-refractivity contribution in [2.24, 2.45) is 5.10 Å². The molecule has 2 rings (SSSR count). The Morgan fingerprint density at radius 3 is 2.33 bits per heavy atom. The summed E-state index contributed by atoms with van der Waals surface area (Å²) >= 11 is 0. The highest BCUT2D eigenvalue weighted by Crippen LogP contribution is 2.25. The maximum atomic E-state index is 5.42. The molecule has 0 N–H and O–H groups in total. The normalized spacial score (nSPS) is 11.1. The average Bonchev–Trinajstić information content (AvgIpc) is 2.54. The third kappa shape index (κ3) is 3.54. The van der Waals surface area contributed by atoms with Crippen LogP contribution in [0.25, 0.3) is 0 Å². The highest BCUT2D eigenvalue weighted by Gasteiger charge is 2.09. The zero-order chi connectivity index (χ0) is 15.2. The van der Waals surface area contributed by atoms with Gasteiger partial charge < -0.3 is 9.47 Å². The molecule has 0 unspecified atom stereocenters. The molecule has 0 aliphatic carbocycles. The molecule has 2 aromatic rings. The van der Waals surface area contributed by atoms with Gasteiger partial charge in [0.2, 0.25) is 0 Å². The summed E-state index contributed by atoms with van der Waals surface area (Å²) < 4.78 is 10.6. The molecule has 110 valence electrons. The fraction of sp³-hybridized carbons (Fsp3) is 0.235. The second-order valence-corrected chi connectivity index (χ2v) is 4.61. The van der Waals surface area contributed by atoms with Crippen molar-refractivity contribution in [1.82, 2.24) is 0 Å². The van der Waals surface area contributed by atoms with E-state index in [1.54, 1.807) is 14.2 Å². The zero-order valence-electron chi connectivity index (χ0n) is 12.8. The van der Waals surface area contributed by atoms with Gasteiger partial charge in [-0.05, 0) is 31.2 Å². The molecule has 4 heteroatoms. The van der Waals surface area contributed by atoms with Crippen LogP contribution in [0.4, 0.5) is 5.69 Å². The van der Waals surface area contributed by atoms with Crippen LogP contribution in [0.1, 0.15) is 12.5 Å². The minimum absolute atomic E-state index is 0.747.